The van der Waals surface area contributed by atoms with Gasteiger partial charge >= 0.3 is 0 Å². The molecule has 2 fully saturated rings. The Kier molecular flexibility index (Phi) is 4.79. The molecule has 4 rings (SSSR count). The summed E-state index contributed by atoms with van der Waals surface area (Å²) >= 11 is 0. The van der Waals surface area contributed by atoms with Crippen molar-refractivity contribution in [3.63, 3.8) is 0 Å². The molecule has 2 aliphatic carbocycles. The maximum Gasteiger partial charge on any atom is 0.252 e. The van der Waals surface area contributed by atoms with Crippen LogP contribution in [-0.4, -0.2) is 19.1 Å². The summed E-state index contributed by atoms with van der Waals surface area (Å²) in [6.07, 6.45) is 6.99. The van der Waals surface area contributed by atoms with Crippen LogP contribution < -0.4 is 10.1 Å². The number of nitrogens with one attached hydrogen (secondary N) is 1. The fourth-order valence-electron chi connectivity index (χ4n) is 4.43. The van der Waals surface area contributed by atoms with E-state index >= 15 is 0 Å². The molecular weight excluding hydrogens is 322 g/mol. The molecule has 0 aliphatic heterocycles. The number of amides is 1. The number of methoxy groups -OCH3 is 1. The van der Waals surface area contributed by atoms with Crippen LogP contribution >= 0.6 is 0 Å². The summed E-state index contributed by atoms with van der Waals surface area (Å²) < 4.78 is 5.22. The monoisotopic (exact) mass is 347 g/mol. The largest absolute Gasteiger partial charge is 0.497 e. The van der Waals surface area contributed by atoms with Crippen molar-refractivity contribution in [2.24, 2.45) is 11.8 Å². The van der Waals surface area contributed by atoms with Crippen LogP contribution in [0.5, 0.6) is 5.75 Å². The number of benzene rings is 2. The summed E-state index contributed by atoms with van der Waals surface area (Å²) in [5, 5.41) is 3.32. The van der Waals surface area contributed by atoms with E-state index in [0.29, 0.717) is 12.0 Å². The van der Waals surface area contributed by atoms with Gasteiger partial charge in [-0.2, -0.15) is 0 Å². The molecule has 3 atom stereocenters. The second kappa shape index (κ2) is 7.36. The Labute approximate surface area is 155 Å². The lowest BCUT2D eigenvalue weighted by atomic mass is 9.94. The van der Waals surface area contributed by atoms with E-state index in [2.05, 4.69) is 5.32 Å². The number of hydrogen-bond donors (Lipinski definition) is 1. The summed E-state index contributed by atoms with van der Waals surface area (Å²) in [5.74, 6) is 2.33. The molecule has 0 heterocycles. The molecule has 1 amide bonds. The Bertz CT molecular complexity index is 795. The van der Waals surface area contributed by atoms with Crippen molar-refractivity contribution in [1.82, 2.24) is 5.32 Å². The van der Waals surface area contributed by atoms with Gasteiger partial charge in [-0.3, -0.25) is 4.79 Å². The van der Waals surface area contributed by atoms with Crippen LogP contribution in [0, 0.1) is 11.8 Å². The molecule has 2 aromatic carbocycles. The highest BCUT2D eigenvalue weighted by Crippen LogP contribution is 2.44. The average Bonchev–Trinajstić information content (AvgIpc) is 3.30. The van der Waals surface area contributed by atoms with E-state index in [-0.39, 0.29) is 5.91 Å². The second-order valence-electron chi connectivity index (χ2n) is 7.45. The number of ether oxygens (including phenoxy) is 1. The van der Waals surface area contributed by atoms with E-state index in [1.54, 1.807) is 7.11 Å². The topological polar surface area (TPSA) is 38.3 Å². The lowest BCUT2D eigenvalue weighted by molar-refractivity contribution is -0.116. The first kappa shape index (κ1) is 16.9. The molecule has 3 heteroatoms. The third kappa shape index (κ3) is 3.52. The first-order valence-electron chi connectivity index (χ1n) is 9.45. The van der Waals surface area contributed by atoms with Crippen LogP contribution in [0.4, 0.5) is 0 Å². The van der Waals surface area contributed by atoms with Crippen LogP contribution in [0.15, 0.2) is 54.6 Å². The predicted molar refractivity (Wildman–Crippen MR) is 105 cm³/mol. The highest BCUT2D eigenvalue weighted by Gasteiger charge is 2.40. The second-order valence-corrected chi connectivity index (χ2v) is 7.45. The number of hydrogen-bond acceptors (Lipinski definition) is 2. The quantitative estimate of drug-likeness (QED) is 0.637. The van der Waals surface area contributed by atoms with Gasteiger partial charge in [0.2, 0.25) is 0 Å². The van der Waals surface area contributed by atoms with Crippen molar-refractivity contribution in [2.75, 3.05) is 7.11 Å². The van der Waals surface area contributed by atoms with E-state index in [4.69, 9.17) is 4.74 Å². The third-order valence-corrected chi connectivity index (χ3v) is 5.81. The smallest absolute Gasteiger partial charge is 0.252 e. The van der Waals surface area contributed by atoms with Crippen molar-refractivity contribution >= 4 is 17.6 Å². The SMILES string of the molecule is COc1ccc(/C=C(/C(=O)N[C@@H]2C[C@H]3CC[C@H]2C3)c2ccccc2)cc1. The zero-order valence-corrected chi connectivity index (χ0v) is 15.2. The van der Waals surface area contributed by atoms with Crippen molar-refractivity contribution in [1.29, 1.82) is 0 Å². The van der Waals surface area contributed by atoms with Gasteiger partial charge in [0.25, 0.3) is 5.91 Å². The molecule has 0 spiro atoms. The molecule has 0 radical (unpaired) electrons. The van der Waals surface area contributed by atoms with E-state index in [1.807, 2.05) is 60.7 Å². The van der Waals surface area contributed by atoms with Gasteiger partial charge in [0.1, 0.15) is 5.75 Å². The molecule has 134 valence electrons. The Balaban J connectivity index is 1.60. The predicted octanol–water partition coefficient (Wildman–Crippen LogP) is 4.54. The summed E-state index contributed by atoms with van der Waals surface area (Å²) in [5.41, 5.74) is 2.66. The minimum atomic E-state index is 0.0320. The van der Waals surface area contributed by atoms with Gasteiger partial charge in [0.15, 0.2) is 0 Å². The molecule has 3 nitrogen and oxygen atoms in total. The molecule has 2 aromatic rings. The van der Waals surface area contributed by atoms with E-state index in [0.717, 1.165) is 34.8 Å². The number of fused-ring (bicyclic) bond motifs is 2. The van der Waals surface area contributed by atoms with E-state index in [9.17, 15) is 4.79 Å². The maximum absolute atomic E-state index is 13.1. The van der Waals surface area contributed by atoms with Crippen LogP contribution in [0.1, 0.15) is 36.8 Å². The molecule has 2 bridgehead atoms. The fraction of sp³-hybridized carbons (Fsp3) is 0.348. The van der Waals surface area contributed by atoms with Crippen molar-refractivity contribution < 1.29 is 9.53 Å². The summed E-state index contributed by atoms with van der Waals surface area (Å²) in [6, 6.07) is 18.0. The van der Waals surface area contributed by atoms with Crippen molar-refractivity contribution in [3.8, 4) is 5.75 Å². The zero-order valence-electron chi connectivity index (χ0n) is 15.2. The molecule has 0 aromatic heterocycles. The van der Waals surface area contributed by atoms with Gasteiger partial charge in [-0.25, -0.2) is 0 Å². The van der Waals surface area contributed by atoms with Gasteiger partial charge in [-0.15, -0.1) is 0 Å². The maximum atomic E-state index is 13.1. The molecule has 0 saturated heterocycles. The number of carbonyl (C=O) groups excluding carboxylic acids is 1. The van der Waals surface area contributed by atoms with Gasteiger partial charge in [-0.1, -0.05) is 48.9 Å². The summed E-state index contributed by atoms with van der Waals surface area (Å²) in [7, 11) is 1.66. The standard InChI is InChI=1S/C23H25NO2/c1-26-20-11-8-16(9-12-20)14-21(18-5-3-2-4-6-18)23(25)24-22-15-17-7-10-19(22)13-17/h2-6,8-9,11-12,14,17,19,22H,7,10,13,15H2,1H3,(H,24,25)/b21-14+/t17-,19-,22+/m0/s1. The minimum Gasteiger partial charge on any atom is -0.497 e. The van der Waals surface area contributed by atoms with E-state index in [1.165, 1.54) is 19.3 Å². The Morgan fingerprint density at radius 1 is 1.04 bits per heavy atom. The van der Waals surface area contributed by atoms with Crippen molar-refractivity contribution in [2.45, 2.75) is 31.7 Å². The molecular formula is C23H25NO2. The number of rotatable bonds is 5. The molecule has 1 N–H and O–H groups in total. The summed E-state index contributed by atoms with van der Waals surface area (Å²) in [4.78, 5) is 13.1. The van der Waals surface area contributed by atoms with Crippen LogP contribution in [0.25, 0.3) is 11.6 Å². The van der Waals surface area contributed by atoms with Gasteiger partial charge < -0.3 is 10.1 Å². The Morgan fingerprint density at radius 2 is 1.81 bits per heavy atom. The van der Waals surface area contributed by atoms with Crippen LogP contribution in [-0.2, 0) is 4.79 Å². The molecule has 2 saturated carbocycles. The first-order valence-corrected chi connectivity index (χ1v) is 9.45. The van der Waals surface area contributed by atoms with Gasteiger partial charge in [-0.05, 0) is 60.4 Å². The first-order chi connectivity index (χ1) is 12.7. The third-order valence-electron chi connectivity index (χ3n) is 5.81. The highest BCUT2D eigenvalue weighted by molar-refractivity contribution is 6.24. The molecule has 0 unspecified atom stereocenters. The Hall–Kier alpha value is -2.55. The normalized spacial score (nSPS) is 24.5. The fourth-order valence-corrected chi connectivity index (χ4v) is 4.43. The molecule has 2 aliphatic rings. The lowest BCUT2D eigenvalue weighted by Crippen LogP contribution is -2.38. The highest BCUT2D eigenvalue weighted by atomic mass is 16.5. The zero-order chi connectivity index (χ0) is 17.9. The summed E-state index contributed by atoms with van der Waals surface area (Å²) in [6.45, 7) is 0. The van der Waals surface area contributed by atoms with E-state index < -0.39 is 0 Å². The van der Waals surface area contributed by atoms with Gasteiger partial charge in [0.05, 0.1) is 7.11 Å². The number of carbonyl (C=O) groups is 1. The Morgan fingerprint density at radius 3 is 2.42 bits per heavy atom. The van der Waals surface area contributed by atoms with Crippen molar-refractivity contribution in [3.05, 3.63) is 65.7 Å². The van der Waals surface area contributed by atoms with Crippen LogP contribution in [0.3, 0.4) is 0 Å². The average molecular weight is 347 g/mol. The van der Waals surface area contributed by atoms with Crippen LogP contribution in [0.2, 0.25) is 0 Å². The lowest BCUT2D eigenvalue weighted by Gasteiger charge is -2.23. The molecule has 26 heavy (non-hydrogen) atoms. The minimum absolute atomic E-state index is 0.0320. The van der Waals surface area contributed by atoms with Gasteiger partial charge in [0, 0.05) is 11.6 Å².